The lowest BCUT2D eigenvalue weighted by Gasteiger charge is -2.74. The molecule has 0 aromatic rings. The van der Waals surface area contributed by atoms with Crippen molar-refractivity contribution in [3.8, 4) is 0 Å². The second kappa shape index (κ2) is 4.20. The second-order valence-corrected chi connectivity index (χ2v) is 13.2. The molecule has 10 rings (SSSR count). The Morgan fingerprint density at radius 2 is 1.76 bits per heavy atom. The van der Waals surface area contributed by atoms with E-state index in [9.17, 15) is 14.7 Å². The van der Waals surface area contributed by atoms with Crippen molar-refractivity contribution in [3.05, 3.63) is 11.6 Å². The minimum atomic E-state index is -1.80. The molecule has 9 nitrogen and oxygen atoms in total. The van der Waals surface area contributed by atoms with Gasteiger partial charge >= 0.3 is 11.9 Å². The van der Waals surface area contributed by atoms with Gasteiger partial charge in [0.25, 0.3) is 0 Å². The van der Waals surface area contributed by atoms with E-state index in [0.29, 0.717) is 19.4 Å². The zero-order valence-corrected chi connectivity index (χ0v) is 20.1. The molecule has 10 aliphatic rings. The van der Waals surface area contributed by atoms with E-state index in [1.54, 1.807) is 13.0 Å². The Hall–Kier alpha value is -1.52. The average molecular weight is 472 g/mol. The highest BCUT2D eigenvalue weighted by molar-refractivity contribution is 5.92. The fraction of sp³-hybridized carbons (Fsp3) is 0.840. The molecule has 6 bridgehead atoms. The van der Waals surface area contributed by atoms with Crippen molar-refractivity contribution in [2.45, 2.75) is 101 Å². The van der Waals surface area contributed by atoms with Crippen LogP contribution in [0.1, 0.15) is 54.4 Å². The number of hydrogen-bond acceptors (Lipinski definition) is 9. The first-order valence-corrected chi connectivity index (χ1v) is 12.3. The van der Waals surface area contributed by atoms with Crippen LogP contribution >= 0.6 is 0 Å². The van der Waals surface area contributed by atoms with E-state index < -0.39 is 73.7 Å². The van der Waals surface area contributed by atoms with Gasteiger partial charge in [-0.15, -0.1) is 0 Å². The molecule has 0 amide bonds. The highest BCUT2D eigenvalue weighted by Gasteiger charge is 3.13. The molecule has 9 heteroatoms. The molecule has 9 fully saturated rings. The van der Waals surface area contributed by atoms with Crippen LogP contribution in [0.5, 0.6) is 0 Å². The largest absolute Gasteiger partial charge is 0.459 e. The second-order valence-electron chi connectivity index (χ2n) is 13.2. The molecular formula is C25H28O9. The van der Waals surface area contributed by atoms with Crippen molar-refractivity contribution in [3.63, 3.8) is 0 Å². The van der Waals surface area contributed by atoms with Gasteiger partial charge in [-0.25, -0.2) is 4.79 Å². The van der Waals surface area contributed by atoms with Crippen LogP contribution in [0.25, 0.3) is 0 Å². The lowest BCUT2D eigenvalue weighted by Crippen LogP contribution is -2.83. The lowest BCUT2D eigenvalue weighted by atomic mass is 9.30. The molecule has 1 N–H and O–H groups in total. The summed E-state index contributed by atoms with van der Waals surface area (Å²) in [5, 5.41) is 12.5. The van der Waals surface area contributed by atoms with Gasteiger partial charge in [-0.05, 0) is 46.1 Å². The predicted molar refractivity (Wildman–Crippen MR) is 109 cm³/mol. The lowest BCUT2D eigenvalue weighted by molar-refractivity contribution is -0.415. The Balaban J connectivity index is 1.48. The van der Waals surface area contributed by atoms with E-state index in [2.05, 4.69) is 6.92 Å². The number of carbonyl (C=O) groups excluding carboxylic acids is 2. The summed E-state index contributed by atoms with van der Waals surface area (Å²) in [6, 6.07) is 0. The van der Waals surface area contributed by atoms with E-state index in [-0.39, 0.29) is 6.10 Å². The van der Waals surface area contributed by atoms with Crippen LogP contribution in [-0.2, 0) is 38.0 Å². The molecular weight excluding hydrogens is 444 g/mol. The zero-order chi connectivity index (χ0) is 24.0. The smallest absolute Gasteiger partial charge is 0.331 e. The monoisotopic (exact) mass is 472 g/mol. The SMILES string of the molecule is C[C@@H]1OC(=O)[C@@]23[C@@]4(C)C[C@H]5O[C@@]56C(=CC(=O)OC6(C)C)[C@]45C[C@@](C)([C@@]4(O)O[C@]5(C)O[C@]142)[C@@]31CO1. The number of hydrogen-bond donors (Lipinski definition) is 1. The number of epoxide rings is 2. The molecule has 7 heterocycles. The number of esters is 2. The minimum absolute atomic E-state index is 0.259. The summed E-state index contributed by atoms with van der Waals surface area (Å²) in [7, 11) is 0. The molecule has 182 valence electrons. The van der Waals surface area contributed by atoms with Gasteiger partial charge in [0, 0.05) is 11.5 Å². The molecule has 3 aliphatic carbocycles. The number of rotatable bonds is 0. The fourth-order valence-electron chi connectivity index (χ4n) is 11.6. The Bertz CT molecular complexity index is 1250. The van der Waals surface area contributed by atoms with Gasteiger partial charge in [0.05, 0.1) is 23.5 Å². The third-order valence-electron chi connectivity index (χ3n) is 12.5. The zero-order valence-electron chi connectivity index (χ0n) is 20.1. The summed E-state index contributed by atoms with van der Waals surface area (Å²) in [5.74, 6) is -3.98. The molecule has 6 saturated heterocycles. The summed E-state index contributed by atoms with van der Waals surface area (Å²) in [6.07, 6.45) is 1.48. The first kappa shape index (κ1) is 19.6. The number of ether oxygens (including phenoxy) is 6. The summed E-state index contributed by atoms with van der Waals surface area (Å²) >= 11 is 0. The van der Waals surface area contributed by atoms with Crippen molar-refractivity contribution < 1.29 is 43.1 Å². The predicted octanol–water partition coefficient (Wildman–Crippen LogP) is 1.11. The molecule has 3 saturated carbocycles. The minimum Gasteiger partial charge on any atom is -0.459 e. The van der Waals surface area contributed by atoms with Crippen molar-refractivity contribution in [1.82, 2.24) is 0 Å². The van der Waals surface area contributed by atoms with Gasteiger partial charge in [-0.3, -0.25) is 4.79 Å². The van der Waals surface area contributed by atoms with Crippen molar-refractivity contribution in [2.75, 3.05) is 6.61 Å². The molecule has 0 aromatic carbocycles. The van der Waals surface area contributed by atoms with Crippen LogP contribution in [0, 0.1) is 21.7 Å². The summed E-state index contributed by atoms with van der Waals surface area (Å²) in [5.41, 5.74) is -7.50. The van der Waals surface area contributed by atoms with Crippen LogP contribution in [0.2, 0.25) is 0 Å². The van der Waals surface area contributed by atoms with Crippen molar-refractivity contribution in [1.29, 1.82) is 0 Å². The van der Waals surface area contributed by atoms with Crippen LogP contribution < -0.4 is 0 Å². The fourth-order valence-corrected chi connectivity index (χ4v) is 11.6. The first-order valence-electron chi connectivity index (χ1n) is 12.3. The number of cyclic esters (lactones) is 2. The van der Waals surface area contributed by atoms with Crippen molar-refractivity contribution in [2.24, 2.45) is 21.7 Å². The van der Waals surface area contributed by atoms with E-state index in [1.807, 2.05) is 27.7 Å². The Morgan fingerprint density at radius 3 is 2.44 bits per heavy atom. The van der Waals surface area contributed by atoms with Crippen LogP contribution in [0.15, 0.2) is 11.6 Å². The first-order chi connectivity index (χ1) is 15.7. The maximum atomic E-state index is 14.2. The van der Waals surface area contributed by atoms with E-state index in [0.717, 1.165) is 5.57 Å². The highest BCUT2D eigenvalue weighted by Crippen LogP contribution is 2.99. The maximum absolute atomic E-state index is 14.2. The molecule has 0 unspecified atom stereocenters. The molecule has 0 aromatic heterocycles. The summed E-state index contributed by atoms with van der Waals surface area (Å²) in [4.78, 5) is 27.2. The standard InChI is InChI=1S/C25H28O9/c1-11-24-23(15(27)30-11)17(4)8-13-22(31-13)12(7-14(26)32-16(22,2)3)20(17)9-18(5,21(23)10-29-21)25(24,28)34-19(20,6)33-24/h7,11,13,28H,8-10H2,1-6H3/t11-,13+,17-,18+,19-,20+,21-,22-,23-,24-,25+/m0/s1. The molecule has 7 aliphatic heterocycles. The molecule has 0 radical (unpaired) electrons. The van der Waals surface area contributed by atoms with Gasteiger partial charge in [0.1, 0.15) is 22.7 Å². The van der Waals surface area contributed by atoms with Crippen LogP contribution in [0.4, 0.5) is 0 Å². The Kier molecular flexibility index (Phi) is 2.42. The topological polar surface area (TPSA) is 116 Å². The van der Waals surface area contributed by atoms with Gasteiger partial charge in [0.2, 0.25) is 5.79 Å². The molecule has 5 spiro atoms. The Morgan fingerprint density at radius 1 is 1.06 bits per heavy atom. The molecule has 34 heavy (non-hydrogen) atoms. The summed E-state index contributed by atoms with van der Waals surface area (Å²) < 4.78 is 38.2. The maximum Gasteiger partial charge on any atom is 0.331 e. The third-order valence-corrected chi connectivity index (χ3v) is 12.5. The quantitative estimate of drug-likeness (QED) is 0.409. The Labute approximate surface area is 196 Å². The normalized spacial score (nSPS) is 70.3. The van der Waals surface area contributed by atoms with E-state index in [4.69, 9.17) is 28.4 Å². The third kappa shape index (κ3) is 1.12. The number of carbonyl (C=O) groups is 2. The van der Waals surface area contributed by atoms with Crippen molar-refractivity contribution >= 4 is 11.9 Å². The van der Waals surface area contributed by atoms with Gasteiger partial charge in [0.15, 0.2) is 17.0 Å². The van der Waals surface area contributed by atoms with Crippen LogP contribution in [0.3, 0.4) is 0 Å². The van der Waals surface area contributed by atoms with Gasteiger partial charge < -0.3 is 33.5 Å². The van der Waals surface area contributed by atoms with E-state index in [1.165, 1.54) is 0 Å². The van der Waals surface area contributed by atoms with E-state index >= 15 is 0 Å². The summed E-state index contributed by atoms with van der Waals surface area (Å²) in [6.45, 7) is 11.7. The average Bonchev–Trinajstić information content (AvgIpc) is 3.59. The number of aliphatic hydroxyl groups is 1. The van der Waals surface area contributed by atoms with Crippen LogP contribution in [-0.4, -0.2) is 69.8 Å². The van der Waals surface area contributed by atoms with Gasteiger partial charge in [-0.2, -0.15) is 0 Å². The van der Waals surface area contributed by atoms with Gasteiger partial charge in [-0.1, -0.05) is 13.8 Å². The molecule has 11 atom stereocenters. The highest BCUT2D eigenvalue weighted by atomic mass is 16.8.